The van der Waals surface area contributed by atoms with Gasteiger partial charge in [0.05, 0.1) is 12.6 Å². The van der Waals surface area contributed by atoms with Crippen molar-refractivity contribution in [3.8, 4) is 12.3 Å². The molecule has 1 aliphatic heterocycles. The quantitative estimate of drug-likeness (QED) is 0.693. The van der Waals surface area contributed by atoms with Gasteiger partial charge in [-0.05, 0) is 49.4 Å². The molecule has 0 radical (unpaired) electrons. The van der Waals surface area contributed by atoms with Crippen molar-refractivity contribution in [1.29, 1.82) is 0 Å². The molecule has 2 heterocycles. The van der Waals surface area contributed by atoms with Crippen LogP contribution in [0.5, 0.6) is 0 Å². The van der Waals surface area contributed by atoms with E-state index in [0.29, 0.717) is 16.7 Å². The summed E-state index contributed by atoms with van der Waals surface area (Å²) in [7, 11) is 2.15. The van der Waals surface area contributed by atoms with Crippen LogP contribution in [0.15, 0.2) is 29.6 Å². The summed E-state index contributed by atoms with van der Waals surface area (Å²) in [4.78, 5) is 18.6. The number of thiazole rings is 1. The van der Waals surface area contributed by atoms with Gasteiger partial charge in [0, 0.05) is 11.9 Å². The van der Waals surface area contributed by atoms with Crippen LogP contribution in [-0.4, -0.2) is 47.8 Å². The van der Waals surface area contributed by atoms with Crippen LogP contribution in [0.1, 0.15) is 40.9 Å². The zero-order chi connectivity index (χ0) is 19.2. The van der Waals surface area contributed by atoms with E-state index in [0.717, 1.165) is 18.7 Å². The minimum absolute atomic E-state index is 0.189. The highest BCUT2D eigenvalue weighted by Gasteiger charge is 2.20. The standard InChI is InChI=1S/C20H24N4O2S/c1-3-19-22-18(13-27-19)23-20(26)21-17(12-25)15-8-6-14(7-9-15)16-5-4-10-24(2)11-16/h1,6-9,13,16-17,25H,4-5,10-12H2,2H3,(H2,21,23,26)/t16?,17-/m0/s1. The van der Waals surface area contributed by atoms with Gasteiger partial charge in [0.1, 0.15) is 5.82 Å². The number of carbonyl (C=O) groups is 1. The van der Waals surface area contributed by atoms with Gasteiger partial charge in [-0.15, -0.1) is 17.8 Å². The Labute approximate surface area is 163 Å². The van der Waals surface area contributed by atoms with Gasteiger partial charge in [-0.25, -0.2) is 9.78 Å². The first-order valence-electron chi connectivity index (χ1n) is 8.98. The van der Waals surface area contributed by atoms with Crippen molar-refractivity contribution in [3.05, 3.63) is 45.8 Å². The Morgan fingerprint density at radius 2 is 2.26 bits per heavy atom. The largest absolute Gasteiger partial charge is 0.394 e. The Morgan fingerprint density at radius 3 is 2.89 bits per heavy atom. The number of likely N-dealkylation sites (tertiary alicyclic amines) is 1. The molecule has 0 spiro atoms. The molecule has 1 saturated heterocycles. The first-order valence-corrected chi connectivity index (χ1v) is 9.86. The predicted molar refractivity (Wildman–Crippen MR) is 108 cm³/mol. The van der Waals surface area contributed by atoms with Crippen LogP contribution in [0.2, 0.25) is 0 Å². The van der Waals surface area contributed by atoms with Gasteiger partial charge >= 0.3 is 6.03 Å². The van der Waals surface area contributed by atoms with Crippen molar-refractivity contribution in [2.24, 2.45) is 0 Å². The topological polar surface area (TPSA) is 77.5 Å². The van der Waals surface area contributed by atoms with Crippen molar-refractivity contribution in [1.82, 2.24) is 15.2 Å². The SMILES string of the molecule is C#Cc1nc(NC(=O)N[C@@H](CO)c2ccc(C3CCCN(C)C3)cc2)cs1. The number of likely N-dealkylation sites (N-methyl/N-ethyl adjacent to an activating group) is 1. The number of aliphatic hydroxyl groups is 1. The second-order valence-corrected chi connectivity index (χ2v) is 7.64. The molecule has 1 aromatic heterocycles. The third kappa shape index (κ3) is 5.07. The number of hydrogen-bond acceptors (Lipinski definition) is 5. The molecule has 1 fully saturated rings. The number of rotatable bonds is 5. The zero-order valence-corrected chi connectivity index (χ0v) is 16.1. The predicted octanol–water partition coefficient (Wildman–Crippen LogP) is 2.79. The van der Waals surface area contributed by atoms with Gasteiger partial charge in [0.15, 0.2) is 5.01 Å². The molecule has 2 amide bonds. The lowest BCUT2D eigenvalue weighted by atomic mass is 9.90. The van der Waals surface area contributed by atoms with Crippen LogP contribution >= 0.6 is 11.3 Å². The molecule has 6 nitrogen and oxygen atoms in total. The van der Waals surface area contributed by atoms with Gasteiger partial charge < -0.3 is 15.3 Å². The van der Waals surface area contributed by atoms with E-state index < -0.39 is 12.1 Å². The van der Waals surface area contributed by atoms with Gasteiger partial charge in [0.25, 0.3) is 0 Å². The number of aromatic nitrogens is 1. The normalized spacial score (nSPS) is 18.5. The number of aliphatic hydroxyl groups excluding tert-OH is 1. The monoisotopic (exact) mass is 384 g/mol. The fourth-order valence-electron chi connectivity index (χ4n) is 3.38. The smallest absolute Gasteiger partial charge is 0.320 e. The van der Waals surface area contributed by atoms with E-state index in [2.05, 4.69) is 45.6 Å². The van der Waals surface area contributed by atoms with Gasteiger partial charge in [0.2, 0.25) is 0 Å². The molecule has 7 heteroatoms. The summed E-state index contributed by atoms with van der Waals surface area (Å²) < 4.78 is 0. The molecule has 2 atom stereocenters. The molecule has 2 aromatic rings. The Balaban J connectivity index is 1.61. The van der Waals surface area contributed by atoms with Crippen molar-refractivity contribution >= 4 is 23.2 Å². The third-order valence-electron chi connectivity index (χ3n) is 4.79. The maximum Gasteiger partial charge on any atom is 0.320 e. The second kappa shape index (κ2) is 9.00. The summed E-state index contributed by atoms with van der Waals surface area (Å²) >= 11 is 1.29. The molecule has 1 aromatic carbocycles. The van der Waals surface area contributed by atoms with Crippen molar-refractivity contribution < 1.29 is 9.90 Å². The van der Waals surface area contributed by atoms with Crippen LogP contribution in [0.25, 0.3) is 0 Å². The fourth-order valence-corrected chi connectivity index (χ4v) is 3.94. The Bertz CT molecular complexity index is 812. The minimum Gasteiger partial charge on any atom is -0.394 e. The van der Waals surface area contributed by atoms with Crippen molar-refractivity contribution in [3.63, 3.8) is 0 Å². The van der Waals surface area contributed by atoms with E-state index in [1.54, 1.807) is 5.38 Å². The van der Waals surface area contributed by atoms with E-state index in [1.807, 2.05) is 12.1 Å². The highest BCUT2D eigenvalue weighted by molar-refractivity contribution is 7.10. The summed E-state index contributed by atoms with van der Waals surface area (Å²) in [6.07, 6.45) is 7.69. The number of carbonyl (C=O) groups excluding carboxylic acids is 1. The number of nitrogens with zero attached hydrogens (tertiary/aromatic N) is 2. The van der Waals surface area contributed by atoms with Gasteiger partial charge in [-0.1, -0.05) is 24.3 Å². The molecule has 3 rings (SSSR count). The summed E-state index contributed by atoms with van der Waals surface area (Å²) in [6, 6.07) is 7.23. The van der Waals surface area contributed by atoms with E-state index in [9.17, 15) is 9.90 Å². The maximum atomic E-state index is 12.2. The van der Waals surface area contributed by atoms with Crippen LogP contribution in [0.3, 0.4) is 0 Å². The van der Waals surface area contributed by atoms with Crippen molar-refractivity contribution in [2.45, 2.75) is 24.8 Å². The molecule has 3 N–H and O–H groups in total. The number of urea groups is 1. The fraction of sp³-hybridized carbons (Fsp3) is 0.400. The Morgan fingerprint density at radius 1 is 1.48 bits per heavy atom. The second-order valence-electron chi connectivity index (χ2n) is 6.78. The summed E-state index contributed by atoms with van der Waals surface area (Å²) in [5.41, 5.74) is 2.17. The maximum absolute atomic E-state index is 12.2. The molecular weight excluding hydrogens is 360 g/mol. The van der Waals surface area contributed by atoms with E-state index >= 15 is 0 Å². The average molecular weight is 385 g/mol. The van der Waals surface area contributed by atoms with E-state index in [4.69, 9.17) is 6.42 Å². The average Bonchev–Trinajstić information content (AvgIpc) is 3.14. The third-order valence-corrected chi connectivity index (χ3v) is 5.57. The molecule has 0 aliphatic carbocycles. The van der Waals surface area contributed by atoms with Crippen LogP contribution < -0.4 is 10.6 Å². The molecule has 0 bridgehead atoms. The number of piperidine rings is 1. The molecule has 27 heavy (non-hydrogen) atoms. The van der Waals surface area contributed by atoms with Crippen LogP contribution in [0.4, 0.5) is 10.6 Å². The number of amides is 2. The molecule has 0 saturated carbocycles. The van der Waals surface area contributed by atoms with Crippen LogP contribution in [-0.2, 0) is 0 Å². The number of anilines is 1. The molecule has 142 valence electrons. The summed E-state index contributed by atoms with van der Waals surface area (Å²) in [5.74, 6) is 3.37. The number of hydrogen-bond donors (Lipinski definition) is 3. The number of nitrogens with one attached hydrogen (secondary N) is 2. The first kappa shape index (κ1) is 19.4. The highest BCUT2D eigenvalue weighted by Crippen LogP contribution is 2.27. The lowest BCUT2D eigenvalue weighted by molar-refractivity contribution is 0.225. The molecule has 1 aliphatic rings. The molecular formula is C20H24N4O2S. The number of benzene rings is 1. The summed E-state index contributed by atoms with van der Waals surface area (Å²) in [6.45, 7) is 2.03. The van der Waals surface area contributed by atoms with Gasteiger partial charge in [-0.2, -0.15) is 0 Å². The van der Waals surface area contributed by atoms with Gasteiger partial charge in [-0.3, -0.25) is 5.32 Å². The lowest BCUT2D eigenvalue weighted by Gasteiger charge is -2.30. The first-order chi connectivity index (χ1) is 13.1. The lowest BCUT2D eigenvalue weighted by Crippen LogP contribution is -2.34. The van der Waals surface area contributed by atoms with Crippen molar-refractivity contribution in [2.75, 3.05) is 32.1 Å². The minimum atomic E-state index is -0.487. The Kier molecular flexibility index (Phi) is 6.45. The zero-order valence-electron chi connectivity index (χ0n) is 15.3. The van der Waals surface area contributed by atoms with E-state index in [-0.39, 0.29) is 6.61 Å². The summed E-state index contributed by atoms with van der Waals surface area (Å²) in [5, 5.41) is 17.3. The Hall–Kier alpha value is -2.40. The van der Waals surface area contributed by atoms with Crippen LogP contribution in [0, 0.1) is 12.3 Å². The number of terminal acetylenes is 1. The highest BCUT2D eigenvalue weighted by atomic mass is 32.1. The van der Waals surface area contributed by atoms with E-state index in [1.165, 1.54) is 29.7 Å². The molecule has 1 unspecified atom stereocenters.